The summed E-state index contributed by atoms with van der Waals surface area (Å²) in [6.45, 7) is 11.3. The van der Waals surface area contributed by atoms with Crippen LogP contribution >= 0.6 is 22.6 Å². The molecular weight excluding hydrogens is 343 g/mol. The Kier molecular flexibility index (Phi) is 4.05. The second kappa shape index (κ2) is 5.28. The Morgan fingerprint density at radius 3 is 1.89 bits per heavy atom. The molecule has 0 aliphatic carbocycles. The molecule has 0 fully saturated rings. The van der Waals surface area contributed by atoms with E-state index in [4.69, 9.17) is 0 Å². The highest BCUT2D eigenvalue weighted by Crippen LogP contribution is 2.34. The minimum Gasteiger partial charge on any atom is -0.0616 e. The molecule has 2 aromatic rings. The summed E-state index contributed by atoms with van der Waals surface area (Å²) >= 11 is 2.42. The van der Waals surface area contributed by atoms with Gasteiger partial charge in [-0.3, -0.25) is 0 Å². The van der Waals surface area contributed by atoms with Gasteiger partial charge in [0.25, 0.3) is 0 Å². The van der Waals surface area contributed by atoms with Gasteiger partial charge in [0, 0.05) is 3.57 Å². The van der Waals surface area contributed by atoms with Crippen molar-refractivity contribution in [3.05, 3.63) is 56.7 Å². The van der Waals surface area contributed by atoms with E-state index < -0.39 is 0 Å². The monoisotopic (exact) mass is 364 g/mol. The zero-order valence-corrected chi connectivity index (χ0v) is 14.5. The molecule has 2 aromatic carbocycles. The maximum Gasteiger partial charge on any atom is 0.0208 e. The molecule has 0 spiro atoms. The van der Waals surface area contributed by atoms with E-state index in [1.165, 1.54) is 31.4 Å². The molecule has 0 bridgehead atoms. The molecule has 1 heteroatoms. The second-order valence-corrected chi connectivity index (χ2v) is 7.38. The topological polar surface area (TPSA) is 0 Å². The lowest BCUT2D eigenvalue weighted by Gasteiger charge is -2.22. The minimum absolute atomic E-state index is 0.206. The van der Waals surface area contributed by atoms with Gasteiger partial charge in [0.15, 0.2) is 0 Å². The lowest BCUT2D eigenvalue weighted by molar-refractivity contribution is 0.589. The molecule has 0 radical (unpaired) electrons. The Balaban J connectivity index is 2.65. The molecule has 100 valence electrons. The van der Waals surface area contributed by atoms with Crippen molar-refractivity contribution in [3.63, 3.8) is 0 Å². The van der Waals surface area contributed by atoms with Crippen molar-refractivity contribution in [3.8, 4) is 11.1 Å². The third-order valence-electron chi connectivity index (χ3n) is 3.54. The molecule has 2 rings (SSSR count). The Labute approximate surface area is 130 Å². The molecule has 0 atom stereocenters. The summed E-state index contributed by atoms with van der Waals surface area (Å²) in [5.41, 5.74) is 7.09. The quantitative estimate of drug-likeness (QED) is 0.555. The smallest absolute Gasteiger partial charge is 0.0208 e. The fourth-order valence-corrected chi connectivity index (χ4v) is 3.14. The van der Waals surface area contributed by atoms with E-state index in [1.54, 1.807) is 0 Å². The van der Waals surface area contributed by atoms with Crippen LogP contribution < -0.4 is 0 Å². The highest BCUT2D eigenvalue weighted by molar-refractivity contribution is 14.1. The van der Waals surface area contributed by atoms with Crippen molar-refractivity contribution in [1.82, 2.24) is 0 Å². The van der Waals surface area contributed by atoms with Crippen LogP contribution in [0.25, 0.3) is 11.1 Å². The highest BCUT2D eigenvalue weighted by atomic mass is 127. The molecule has 0 amide bonds. The van der Waals surface area contributed by atoms with Crippen LogP contribution in [0.5, 0.6) is 0 Å². The van der Waals surface area contributed by atoms with E-state index in [-0.39, 0.29) is 5.41 Å². The minimum atomic E-state index is 0.206. The largest absolute Gasteiger partial charge is 0.0616 e. The molecule has 0 nitrogen and oxygen atoms in total. The van der Waals surface area contributed by atoms with Gasteiger partial charge in [0.2, 0.25) is 0 Å². The first kappa shape index (κ1) is 14.6. The summed E-state index contributed by atoms with van der Waals surface area (Å²) in [5, 5.41) is 0. The van der Waals surface area contributed by atoms with Gasteiger partial charge in [0.1, 0.15) is 0 Å². The first-order valence-electron chi connectivity index (χ1n) is 6.67. The second-order valence-electron chi connectivity index (χ2n) is 6.21. The number of hydrogen-bond acceptors (Lipinski definition) is 0. The Morgan fingerprint density at radius 1 is 0.895 bits per heavy atom. The molecule has 0 aliphatic rings. The van der Waals surface area contributed by atoms with E-state index in [0.717, 1.165) is 0 Å². The molecule has 0 aromatic heterocycles. The van der Waals surface area contributed by atoms with Crippen LogP contribution in [-0.4, -0.2) is 0 Å². The van der Waals surface area contributed by atoms with E-state index in [0.29, 0.717) is 0 Å². The number of hydrogen-bond donors (Lipinski definition) is 0. The van der Waals surface area contributed by atoms with Crippen molar-refractivity contribution in [2.24, 2.45) is 0 Å². The molecule has 0 aliphatic heterocycles. The van der Waals surface area contributed by atoms with Crippen LogP contribution in [0.3, 0.4) is 0 Å². The van der Waals surface area contributed by atoms with Crippen LogP contribution in [0.2, 0.25) is 0 Å². The lowest BCUT2D eigenvalue weighted by atomic mass is 9.83. The fourth-order valence-electron chi connectivity index (χ4n) is 2.49. The van der Waals surface area contributed by atoms with Crippen molar-refractivity contribution in [2.75, 3.05) is 0 Å². The molecule has 0 N–H and O–H groups in total. The van der Waals surface area contributed by atoms with Gasteiger partial charge in [-0.25, -0.2) is 0 Å². The predicted octanol–water partition coefficient (Wildman–Crippen LogP) is 5.87. The van der Waals surface area contributed by atoms with Gasteiger partial charge in [-0.15, -0.1) is 0 Å². The summed E-state index contributed by atoms with van der Waals surface area (Å²) in [6, 6.07) is 13.3. The van der Waals surface area contributed by atoms with Crippen molar-refractivity contribution < 1.29 is 0 Å². The van der Waals surface area contributed by atoms with E-state index in [2.05, 4.69) is 93.6 Å². The Morgan fingerprint density at radius 2 is 1.42 bits per heavy atom. The summed E-state index contributed by atoms with van der Waals surface area (Å²) in [4.78, 5) is 0. The normalized spacial score (nSPS) is 11.7. The maximum atomic E-state index is 2.42. The summed E-state index contributed by atoms with van der Waals surface area (Å²) in [5.74, 6) is 0. The van der Waals surface area contributed by atoms with Crippen LogP contribution in [-0.2, 0) is 5.41 Å². The predicted molar refractivity (Wildman–Crippen MR) is 92.8 cm³/mol. The SMILES string of the molecule is Cc1cc(C(C)(C)C)cc(C)c1-c1ccccc1I. The van der Waals surface area contributed by atoms with Crippen LogP contribution in [0.15, 0.2) is 36.4 Å². The molecule has 0 saturated heterocycles. The van der Waals surface area contributed by atoms with Crippen LogP contribution in [0.1, 0.15) is 37.5 Å². The van der Waals surface area contributed by atoms with Gasteiger partial charge in [-0.1, -0.05) is 51.1 Å². The van der Waals surface area contributed by atoms with E-state index in [9.17, 15) is 0 Å². The Bertz CT molecular complexity index is 580. The van der Waals surface area contributed by atoms with Crippen molar-refractivity contribution in [1.29, 1.82) is 0 Å². The van der Waals surface area contributed by atoms with Gasteiger partial charge in [-0.2, -0.15) is 0 Å². The molecular formula is C18H21I. The van der Waals surface area contributed by atoms with Gasteiger partial charge in [0.05, 0.1) is 0 Å². The lowest BCUT2D eigenvalue weighted by Crippen LogP contribution is -2.12. The molecule has 0 saturated carbocycles. The molecule has 0 unspecified atom stereocenters. The van der Waals surface area contributed by atoms with Gasteiger partial charge >= 0.3 is 0 Å². The van der Waals surface area contributed by atoms with Gasteiger partial charge in [-0.05, 0) is 75.7 Å². The zero-order chi connectivity index (χ0) is 14.2. The third kappa shape index (κ3) is 3.02. The Hall–Kier alpha value is -0.830. The number of benzene rings is 2. The summed E-state index contributed by atoms with van der Waals surface area (Å²) < 4.78 is 1.31. The van der Waals surface area contributed by atoms with E-state index >= 15 is 0 Å². The molecule has 19 heavy (non-hydrogen) atoms. The standard InChI is InChI=1S/C18H21I/c1-12-10-14(18(3,4)5)11-13(2)17(12)15-8-6-7-9-16(15)19/h6-11H,1-5H3. The summed E-state index contributed by atoms with van der Waals surface area (Å²) in [7, 11) is 0. The van der Waals surface area contributed by atoms with Gasteiger partial charge < -0.3 is 0 Å². The first-order valence-corrected chi connectivity index (χ1v) is 7.75. The van der Waals surface area contributed by atoms with Crippen LogP contribution in [0.4, 0.5) is 0 Å². The average molecular weight is 364 g/mol. The summed E-state index contributed by atoms with van der Waals surface area (Å²) in [6.07, 6.45) is 0. The van der Waals surface area contributed by atoms with Crippen LogP contribution in [0, 0.1) is 17.4 Å². The maximum absolute atomic E-state index is 2.42. The average Bonchev–Trinajstić information content (AvgIpc) is 2.29. The first-order chi connectivity index (χ1) is 8.80. The van der Waals surface area contributed by atoms with Crippen molar-refractivity contribution >= 4 is 22.6 Å². The van der Waals surface area contributed by atoms with E-state index in [1.807, 2.05) is 0 Å². The van der Waals surface area contributed by atoms with Crippen molar-refractivity contribution in [2.45, 2.75) is 40.0 Å². The number of aryl methyl sites for hydroxylation is 2. The fraction of sp³-hybridized carbons (Fsp3) is 0.333. The number of halogens is 1. The number of rotatable bonds is 1. The third-order valence-corrected chi connectivity index (χ3v) is 4.48. The molecule has 0 heterocycles. The zero-order valence-electron chi connectivity index (χ0n) is 12.3. The highest BCUT2D eigenvalue weighted by Gasteiger charge is 2.17.